The van der Waals surface area contributed by atoms with Gasteiger partial charge in [0.2, 0.25) is 5.95 Å². The Kier molecular flexibility index (Phi) is 6.73. The predicted octanol–water partition coefficient (Wildman–Crippen LogP) is 4.48. The number of anilines is 2. The third-order valence-corrected chi connectivity index (χ3v) is 6.23. The second-order valence-corrected chi connectivity index (χ2v) is 8.35. The van der Waals surface area contributed by atoms with Crippen LogP contribution in [0.15, 0.2) is 41.3 Å². The van der Waals surface area contributed by atoms with E-state index in [1.807, 2.05) is 25.1 Å². The minimum absolute atomic E-state index is 0.189. The van der Waals surface area contributed by atoms with Gasteiger partial charge in [0, 0.05) is 19.3 Å². The van der Waals surface area contributed by atoms with Gasteiger partial charge >= 0.3 is 0 Å². The van der Waals surface area contributed by atoms with E-state index in [-0.39, 0.29) is 12.5 Å². The van der Waals surface area contributed by atoms with E-state index < -0.39 is 0 Å². The molecule has 0 aliphatic carbocycles. The zero-order valence-electron chi connectivity index (χ0n) is 17.6. The molecule has 1 atom stereocenters. The van der Waals surface area contributed by atoms with Crippen molar-refractivity contribution in [3.63, 3.8) is 0 Å². The fourth-order valence-electron chi connectivity index (χ4n) is 3.32. The summed E-state index contributed by atoms with van der Waals surface area (Å²) < 4.78 is 6.46. The second-order valence-electron chi connectivity index (χ2n) is 7.32. The van der Waals surface area contributed by atoms with Crippen LogP contribution in [0.25, 0.3) is 20.8 Å². The maximum absolute atomic E-state index is 9.50. The highest BCUT2D eigenvalue weighted by Crippen LogP contribution is 2.35. The van der Waals surface area contributed by atoms with Crippen LogP contribution in [0.1, 0.15) is 31.2 Å². The highest BCUT2D eigenvalue weighted by atomic mass is 32.1. The van der Waals surface area contributed by atoms with E-state index in [0.717, 1.165) is 50.9 Å². The summed E-state index contributed by atoms with van der Waals surface area (Å²) in [7, 11) is 0. The molecular weight excluding hydrogens is 412 g/mol. The van der Waals surface area contributed by atoms with Crippen molar-refractivity contribution in [1.82, 2.24) is 19.9 Å². The Hall–Kier alpha value is -3.04. The molecule has 1 unspecified atom stereocenters. The van der Waals surface area contributed by atoms with E-state index in [4.69, 9.17) is 14.4 Å². The summed E-state index contributed by atoms with van der Waals surface area (Å²) in [5, 5.41) is 17.0. The minimum Gasteiger partial charge on any atom is -0.467 e. The van der Waals surface area contributed by atoms with E-state index in [2.05, 4.69) is 27.5 Å². The van der Waals surface area contributed by atoms with Crippen LogP contribution in [0.3, 0.4) is 0 Å². The molecule has 31 heavy (non-hydrogen) atoms. The Bertz CT molecular complexity index is 1090. The number of rotatable bonds is 10. The Balaban J connectivity index is 1.64. The first-order valence-corrected chi connectivity index (χ1v) is 11.2. The fourth-order valence-corrected chi connectivity index (χ4v) is 4.35. The quantitative estimate of drug-likeness (QED) is 0.332. The molecule has 0 aromatic carbocycles. The number of nitrogens with zero attached hydrogens (tertiary/aromatic N) is 4. The van der Waals surface area contributed by atoms with Crippen LogP contribution < -0.4 is 10.6 Å². The third kappa shape index (κ3) is 5.00. The first-order valence-electron chi connectivity index (χ1n) is 10.4. The topological polar surface area (TPSA) is 109 Å². The van der Waals surface area contributed by atoms with Gasteiger partial charge in [0.05, 0.1) is 35.0 Å². The number of fused-ring (bicyclic) bond motifs is 1. The SMILES string of the molecule is CCC(CO)CCNc1nc(NCc2ccco2)nc(C)c1-c1nc2cnccc2s1. The molecular formula is C22H26N6O2S. The van der Waals surface area contributed by atoms with Crippen molar-refractivity contribution >= 4 is 33.3 Å². The summed E-state index contributed by atoms with van der Waals surface area (Å²) in [6.07, 6.45) is 6.98. The number of nitrogens with one attached hydrogen (secondary N) is 2. The number of aliphatic hydroxyl groups excluding tert-OH is 1. The molecule has 4 aromatic heterocycles. The predicted molar refractivity (Wildman–Crippen MR) is 123 cm³/mol. The lowest BCUT2D eigenvalue weighted by Crippen LogP contribution is -2.14. The van der Waals surface area contributed by atoms with Crippen LogP contribution in [0.5, 0.6) is 0 Å². The number of aryl methyl sites for hydroxylation is 1. The van der Waals surface area contributed by atoms with Gasteiger partial charge in [-0.1, -0.05) is 13.3 Å². The number of aromatic nitrogens is 4. The molecule has 4 heterocycles. The summed E-state index contributed by atoms with van der Waals surface area (Å²) in [6.45, 7) is 5.45. The molecule has 0 amide bonds. The van der Waals surface area contributed by atoms with Crippen LogP contribution in [0.2, 0.25) is 0 Å². The fraction of sp³-hybridized carbons (Fsp3) is 0.364. The standard InChI is InChI=1S/C22H26N6O2S/c1-3-15(13-29)6-9-24-20-19(21-27-17-12-23-8-7-18(17)31-21)14(2)26-22(28-20)25-11-16-5-4-10-30-16/h4-5,7-8,10,12,15,29H,3,6,9,11,13H2,1-2H3,(H2,24,25,26,28). The lowest BCUT2D eigenvalue weighted by atomic mass is 10.0. The van der Waals surface area contributed by atoms with E-state index in [9.17, 15) is 5.11 Å². The molecule has 0 radical (unpaired) electrons. The van der Waals surface area contributed by atoms with Crippen molar-refractivity contribution in [2.45, 2.75) is 33.2 Å². The van der Waals surface area contributed by atoms with Gasteiger partial charge in [0.15, 0.2) is 0 Å². The lowest BCUT2D eigenvalue weighted by Gasteiger charge is -2.16. The number of furan rings is 1. The van der Waals surface area contributed by atoms with Crippen molar-refractivity contribution in [3.8, 4) is 10.6 Å². The Labute approximate surface area is 184 Å². The smallest absolute Gasteiger partial charge is 0.225 e. The average molecular weight is 439 g/mol. The second kappa shape index (κ2) is 9.84. The van der Waals surface area contributed by atoms with Crippen LogP contribution >= 0.6 is 11.3 Å². The highest BCUT2D eigenvalue weighted by molar-refractivity contribution is 7.21. The van der Waals surface area contributed by atoms with Crippen molar-refractivity contribution < 1.29 is 9.52 Å². The van der Waals surface area contributed by atoms with E-state index in [1.165, 1.54) is 0 Å². The normalized spacial score (nSPS) is 12.2. The van der Waals surface area contributed by atoms with Gasteiger partial charge in [-0.05, 0) is 37.5 Å². The van der Waals surface area contributed by atoms with Gasteiger partial charge in [0.1, 0.15) is 22.1 Å². The molecule has 0 saturated carbocycles. The van der Waals surface area contributed by atoms with Crippen molar-refractivity contribution in [3.05, 3.63) is 48.3 Å². The molecule has 4 aromatic rings. The molecule has 0 aliphatic heterocycles. The molecule has 0 fully saturated rings. The van der Waals surface area contributed by atoms with Crippen LogP contribution in [-0.4, -0.2) is 38.2 Å². The van der Waals surface area contributed by atoms with Gasteiger partial charge in [0.25, 0.3) is 0 Å². The molecule has 0 bridgehead atoms. The van der Waals surface area contributed by atoms with E-state index in [0.29, 0.717) is 19.0 Å². The van der Waals surface area contributed by atoms with Crippen molar-refractivity contribution in [2.24, 2.45) is 5.92 Å². The van der Waals surface area contributed by atoms with Crippen LogP contribution in [0.4, 0.5) is 11.8 Å². The van der Waals surface area contributed by atoms with Crippen LogP contribution in [-0.2, 0) is 6.54 Å². The zero-order chi connectivity index (χ0) is 21.6. The molecule has 0 spiro atoms. The summed E-state index contributed by atoms with van der Waals surface area (Å²) in [6, 6.07) is 5.72. The number of hydrogen-bond donors (Lipinski definition) is 3. The average Bonchev–Trinajstić information content (AvgIpc) is 3.44. The summed E-state index contributed by atoms with van der Waals surface area (Å²) in [4.78, 5) is 18.3. The van der Waals surface area contributed by atoms with Crippen molar-refractivity contribution in [1.29, 1.82) is 0 Å². The molecule has 162 valence electrons. The Morgan fingerprint density at radius 2 is 2.10 bits per heavy atom. The van der Waals surface area contributed by atoms with E-state index in [1.54, 1.807) is 30.0 Å². The lowest BCUT2D eigenvalue weighted by molar-refractivity contribution is 0.217. The summed E-state index contributed by atoms with van der Waals surface area (Å²) >= 11 is 1.60. The van der Waals surface area contributed by atoms with Gasteiger partial charge < -0.3 is 20.2 Å². The zero-order valence-corrected chi connectivity index (χ0v) is 18.4. The van der Waals surface area contributed by atoms with Gasteiger partial charge in [-0.3, -0.25) is 4.98 Å². The first kappa shape index (κ1) is 21.2. The third-order valence-electron chi connectivity index (χ3n) is 5.18. The number of thiazole rings is 1. The Morgan fingerprint density at radius 3 is 2.84 bits per heavy atom. The molecule has 3 N–H and O–H groups in total. The van der Waals surface area contributed by atoms with Gasteiger partial charge in [-0.15, -0.1) is 11.3 Å². The summed E-state index contributed by atoms with van der Waals surface area (Å²) in [5.41, 5.74) is 2.58. The maximum atomic E-state index is 9.50. The number of aliphatic hydroxyl groups is 1. The maximum Gasteiger partial charge on any atom is 0.225 e. The molecule has 9 heteroatoms. The Morgan fingerprint density at radius 1 is 1.19 bits per heavy atom. The molecule has 0 aliphatic rings. The van der Waals surface area contributed by atoms with Crippen molar-refractivity contribution in [2.75, 3.05) is 23.8 Å². The van der Waals surface area contributed by atoms with Crippen LogP contribution in [0, 0.1) is 12.8 Å². The summed E-state index contributed by atoms with van der Waals surface area (Å²) in [5.74, 6) is 2.34. The van der Waals surface area contributed by atoms with E-state index >= 15 is 0 Å². The molecule has 8 nitrogen and oxygen atoms in total. The monoisotopic (exact) mass is 438 g/mol. The highest BCUT2D eigenvalue weighted by Gasteiger charge is 2.18. The number of hydrogen-bond acceptors (Lipinski definition) is 9. The minimum atomic E-state index is 0.189. The molecule has 4 rings (SSSR count). The van der Waals surface area contributed by atoms with Gasteiger partial charge in [-0.2, -0.15) is 4.98 Å². The largest absolute Gasteiger partial charge is 0.467 e. The number of pyridine rings is 1. The first-order chi connectivity index (χ1) is 15.2. The molecule has 0 saturated heterocycles. The van der Waals surface area contributed by atoms with Gasteiger partial charge in [-0.25, -0.2) is 9.97 Å².